The molecule has 1 aliphatic carbocycles. The van der Waals surface area contributed by atoms with Gasteiger partial charge >= 0.3 is 5.97 Å². The van der Waals surface area contributed by atoms with Crippen LogP contribution in [0, 0.1) is 11.8 Å². The zero-order valence-electron chi connectivity index (χ0n) is 11.0. The van der Waals surface area contributed by atoms with E-state index in [9.17, 15) is 4.79 Å². The molecular weight excluding hydrogens is 200 g/mol. The molecule has 92 valence electrons. The van der Waals surface area contributed by atoms with Crippen molar-refractivity contribution >= 4 is 5.97 Å². The number of rotatable bonds is 3. The van der Waals surface area contributed by atoms with E-state index in [1.165, 1.54) is 24.8 Å². The molecule has 1 aliphatic rings. The van der Waals surface area contributed by atoms with Crippen LogP contribution in [-0.2, 0) is 9.53 Å². The Kier molecular flexibility index (Phi) is 5.04. The van der Waals surface area contributed by atoms with Crippen molar-refractivity contribution in [3.05, 3.63) is 11.1 Å². The van der Waals surface area contributed by atoms with Gasteiger partial charge in [-0.2, -0.15) is 0 Å². The minimum Gasteiger partial charge on any atom is -0.463 e. The molecule has 1 unspecified atom stereocenters. The molecule has 2 heteroatoms. The normalized spacial score (nSPS) is 24.4. The molecule has 0 spiro atoms. The topological polar surface area (TPSA) is 26.3 Å². The third-order valence-corrected chi connectivity index (χ3v) is 3.53. The largest absolute Gasteiger partial charge is 0.463 e. The van der Waals surface area contributed by atoms with Crippen molar-refractivity contribution < 1.29 is 9.53 Å². The molecule has 0 heterocycles. The average Bonchev–Trinajstić information content (AvgIpc) is 2.28. The van der Waals surface area contributed by atoms with Crippen molar-refractivity contribution in [2.45, 2.75) is 53.4 Å². The smallest absolute Gasteiger partial charge is 0.333 e. The van der Waals surface area contributed by atoms with E-state index >= 15 is 0 Å². The number of hydrogen-bond acceptors (Lipinski definition) is 2. The van der Waals surface area contributed by atoms with Gasteiger partial charge in [0, 0.05) is 5.57 Å². The van der Waals surface area contributed by atoms with Crippen LogP contribution in [0.2, 0.25) is 0 Å². The summed E-state index contributed by atoms with van der Waals surface area (Å²) < 4.78 is 5.09. The number of ether oxygens (including phenoxy) is 1. The van der Waals surface area contributed by atoms with E-state index in [1.807, 2.05) is 13.8 Å². The summed E-state index contributed by atoms with van der Waals surface area (Å²) in [5.74, 6) is 1.09. The van der Waals surface area contributed by atoms with Gasteiger partial charge in [0.05, 0.1) is 6.61 Å². The van der Waals surface area contributed by atoms with Crippen LogP contribution in [-0.4, -0.2) is 12.6 Å². The lowest BCUT2D eigenvalue weighted by atomic mass is 9.76. The van der Waals surface area contributed by atoms with Crippen LogP contribution < -0.4 is 0 Å². The molecule has 0 amide bonds. The molecule has 0 radical (unpaired) electrons. The first-order chi connectivity index (χ1) is 7.57. The summed E-state index contributed by atoms with van der Waals surface area (Å²) in [6.45, 7) is 8.74. The summed E-state index contributed by atoms with van der Waals surface area (Å²) in [6, 6.07) is 0. The van der Waals surface area contributed by atoms with Crippen molar-refractivity contribution in [3.63, 3.8) is 0 Å². The van der Waals surface area contributed by atoms with Gasteiger partial charge in [0.15, 0.2) is 0 Å². The number of carbonyl (C=O) groups excluding carboxylic acids is 1. The van der Waals surface area contributed by atoms with Crippen molar-refractivity contribution in [2.24, 2.45) is 11.8 Å². The molecule has 1 atom stereocenters. The molecule has 16 heavy (non-hydrogen) atoms. The summed E-state index contributed by atoms with van der Waals surface area (Å²) in [7, 11) is 0. The van der Waals surface area contributed by atoms with Gasteiger partial charge in [-0.3, -0.25) is 0 Å². The molecule has 0 saturated heterocycles. The molecule has 1 fully saturated rings. The van der Waals surface area contributed by atoms with Crippen LogP contribution in [0.15, 0.2) is 11.1 Å². The average molecular weight is 224 g/mol. The van der Waals surface area contributed by atoms with Gasteiger partial charge in [0.2, 0.25) is 0 Å². The van der Waals surface area contributed by atoms with E-state index in [4.69, 9.17) is 4.74 Å². The number of hydrogen-bond donors (Lipinski definition) is 0. The summed E-state index contributed by atoms with van der Waals surface area (Å²) in [4.78, 5) is 11.7. The van der Waals surface area contributed by atoms with Gasteiger partial charge in [0.25, 0.3) is 0 Å². The Labute approximate surface area is 99.1 Å². The molecule has 2 nitrogen and oxygen atoms in total. The molecule has 0 aliphatic heterocycles. The van der Waals surface area contributed by atoms with Crippen molar-refractivity contribution in [2.75, 3.05) is 6.61 Å². The quantitative estimate of drug-likeness (QED) is 0.539. The molecule has 0 aromatic rings. The maximum atomic E-state index is 11.7. The predicted molar refractivity (Wildman–Crippen MR) is 66.1 cm³/mol. The highest BCUT2D eigenvalue weighted by Crippen LogP contribution is 2.36. The first-order valence-electron chi connectivity index (χ1n) is 6.44. The number of allylic oxidation sites excluding steroid dienone is 1. The summed E-state index contributed by atoms with van der Waals surface area (Å²) >= 11 is 0. The standard InChI is InChI=1S/C14H24O2/c1-5-16-14(15)11(4)13-9-7-6-8-12(13)10(2)3/h10,12H,5-9H2,1-4H3. The van der Waals surface area contributed by atoms with E-state index < -0.39 is 0 Å². The fourth-order valence-corrected chi connectivity index (χ4v) is 2.61. The highest BCUT2D eigenvalue weighted by Gasteiger charge is 2.25. The van der Waals surface area contributed by atoms with Gasteiger partial charge in [-0.05, 0) is 44.9 Å². The Morgan fingerprint density at radius 1 is 1.44 bits per heavy atom. The van der Waals surface area contributed by atoms with Crippen molar-refractivity contribution in [1.82, 2.24) is 0 Å². The summed E-state index contributed by atoms with van der Waals surface area (Å²) in [5.41, 5.74) is 2.21. The first kappa shape index (κ1) is 13.3. The van der Waals surface area contributed by atoms with Crippen molar-refractivity contribution in [1.29, 1.82) is 0 Å². The van der Waals surface area contributed by atoms with Crippen LogP contribution >= 0.6 is 0 Å². The maximum absolute atomic E-state index is 11.7. The Morgan fingerprint density at radius 3 is 2.69 bits per heavy atom. The molecule has 0 aromatic heterocycles. The van der Waals surface area contributed by atoms with Crippen LogP contribution in [0.3, 0.4) is 0 Å². The molecule has 0 aromatic carbocycles. The third kappa shape index (κ3) is 3.10. The van der Waals surface area contributed by atoms with E-state index in [0.29, 0.717) is 18.4 Å². The summed E-state index contributed by atoms with van der Waals surface area (Å²) in [6.07, 6.45) is 4.81. The SMILES string of the molecule is CCOC(=O)C(C)=C1CCCCC1C(C)C. The fourth-order valence-electron chi connectivity index (χ4n) is 2.61. The van der Waals surface area contributed by atoms with Crippen molar-refractivity contribution in [3.8, 4) is 0 Å². The van der Waals surface area contributed by atoms with Crippen LogP contribution in [0.1, 0.15) is 53.4 Å². The molecule has 0 N–H and O–H groups in total. The Morgan fingerprint density at radius 2 is 2.12 bits per heavy atom. The van der Waals surface area contributed by atoms with Gasteiger partial charge in [-0.1, -0.05) is 25.8 Å². The fraction of sp³-hybridized carbons (Fsp3) is 0.786. The second-order valence-electron chi connectivity index (χ2n) is 4.97. The van der Waals surface area contributed by atoms with E-state index in [2.05, 4.69) is 13.8 Å². The van der Waals surface area contributed by atoms with E-state index in [1.54, 1.807) is 0 Å². The number of carbonyl (C=O) groups is 1. The minimum atomic E-state index is -0.120. The zero-order chi connectivity index (χ0) is 12.1. The zero-order valence-corrected chi connectivity index (χ0v) is 11.0. The lowest BCUT2D eigenvalue weighted by Crippen LogP contribution is -2.20. The maximum Gasteiger partial charge on any atom is 0.333 e. The van der Waals surface area contributed by atoms with E-state index in [0.717, 1.165) is 12.0 Å². The third-order valence-electron chi connectivity index (χ3n) is 3.53. The van der Waals surface area contributed by atoms with Gasteiger partial charge in [0.1, 0.15) is 0 Å². The Bertz CT molecular complexity index is 276. The predicted octanol–water partition coefficient (Wildman–Crippen LogP) is 3.71. The summed E-state index contributed by atoms with van der Waals surface area (Å²) in [5, 5.41) is 0. The first-order valence-corrected chi connectivity index (χ1v) is 6.44. The molecule has 1 saturated carbocycles. The molecule has 0 bridgehead atoms. The van der Waals surface area contributed by atoms with Crippen LogP contribution in [0.4, 0.5) is 0 Å². The minimum absolute atomic E-state index is 0.120. The highest BCUT2D eigenvalue weighted by molar-refractivity contribution is 5.88. The van der Waals surface area contributed by atoms with Gasteiger partial charge < -0.3 is 4.74 Å². The molecule has 1 rings (SSSR count). The second-order valence-corrected chi connectivity index (χ2v) is 4.97. The Hall–Kier alpha value is -0.790. The lowest BCUT2D eigenvalue weighted by Gasteiger charge is -2.30. The lowest BCUT2D eigenvalue weighted by molar-refractivity contribution is -0.138. The Balaban J connectivity index is 2.87. The number of esters is 1. The molecular formula is C14H24O2. The van der Waals surface area contributed by atoms with Crippen LogP contribution in [0.25, 0.3) is 0 Å². The monoisotopic (exact) mass is 224 g/mol. The van der Waals surface area contributed by atoms with E-state index in [-0.39, 0.29) is 5.97 Å². The van der Waals surface area contributed by atoms with Gasteiger partial charge in [-0.25, -0.2) is 4.79 Å². The van der Waals surface area contributed by atoms with Crippen LogP contribution in [0.5, 0.6) is 0 Å². The highest BCUT2D eigenvalue weighted by atomic mass is 16.5. The second kappa shape index (κ2) is 6.07. The van der Waals surface area contributed by atoms with Gasteiger partial charge in [-0.15, -0.1) is 0 Å².